The largest absolute Gasteiger partial charge is 0.497 e. The summed E-state index contributed by atoms with van der Waals surface area (Å²) in [6.45, 7) is 0.679. The molecule has 0 atom stereocenters. The molecule has 0 saturated carbocycles. The van der Waals surface area contributed by atoms with E-state index in [-0.39, 0.29) is 5.82 Å². The average Bonchev–Trinajstić information content (AvgIpc) is 3.20. The van der Waals surface area contributed by atoms with Crippen LogP contribution in [-0.2, 0) is 13.0 Å². The Kier molecular flexibility index (Phi) is 6.43. The van der Waals surface area contributed by atoms with Gasteiger partial charge in [0, 0.05) is 29.8 Å². The second kappa shape index (κ2) is 9.57. The van der Waals surface area contributed by atoms with Crippen LogP contribution in [0.25, 0.3) is 11.3 Å². The second-order valence-electron chi connectivity index (χ2n) is 6.82. The number of halogens is 1. The molecule has 0 amide bonds. The monoisotopic (exact) mass is 435 g/mol. The summed E-state index contributed by atoms with van der Waals surface area (Å²) in [4.78, 5) is 9.80. The summed E-state index contributed by atoms with van der Waals surface area (Å²) in [5.41, 5.74) is 3.79. The molecule has 7 heteroatoms. The number of hydrogen-bond acceptors (Lipinski definition) is 5. The lowest BCUT2D eigenvalue weighted by atomic mass is 10.1. The summed E-state index contributed by atoms with van der Waals surface area (Å²) in [6.07, 6.45) is 4.20. The number of rotatable bonds is 7. The molecule has 0 saturated heterocycles. The van der Waals surface area contributed by atoms with Gasteiger partial charge in [0.25, 0.3) is 0 Å². The van der Waals surface area contributed by atoms with Gasteiger partial charge in [-0.15, -0.1) is 11.3 Å². The van der Waals surface area contributed by atoms with Gasteiger partial charge in [-0.05, 0) is 48.4 Å². The van der Waals surface area contributed by atoms with E-state index in [0.717, 1.165) is 45.2 Å². The Labute approximate surface area is 184 Å². The zero-order chi connectivity index (χ0) is 21.6. The first-order chi connectivity index (χ1) is 15.2. The van der Waals surface area contributed by atoms with E-state index < -0.39 is 0 Å². The van der Waals surface area contributed by atoms with Crippen LogP contribution in [0.1, 0.15) is 5.56 Å². The van der Waals surface area contributed by atoms with Crippen molar-refractivity contribution in [2.45, 2.75) is 13.0 Å². The first-order valence-corrected chi connectivity index (χ1v) is 10.7. The van der Waals surface area contributed by atoms with Crippen molar-refractivity contribution in [1.82, 2.24) is 9.55 Å². The van der Waals surface area contributed by atoms with Crippen molar-refractivity contribution in [1.29, 1.82) is 0 Å². The maximum absolute atomic E-state index is 13.3. The van der Waals surface area contributed by atoms with E-state index in [2.05, 4.69) is 14.9 Å². The van der Waals surface area contributed by atoms with Crippen LogP contribution in [0.5, 0.6) is 11.5 Å². The normalized spacial score (nSPS) is 11.5. The Bertz CT molecular complexity index is 1220. The molecule has 0 spiro atoms. The Morgan fingerprint density at radius 3 is 2.61 bits per heavy atom. The number of thiazole rings is 1. The number of benzene rings is 2. The van der Waals surface area contributed by atoms with Gasteiger partial charge in [-0.1, -0.05) is 12.1 Å². The fourth-order valence-corrected chi connectivity index (χ4v) is 4.23. The van der Waals surface area contributed by atoms with E-state index in [0.29, 0.717) is 6.54 Å². The lowest BCUT2D eigenvalue weighted by Crippen LogP contribution is -2.17. The third kappa shape index (κ3) is 4.83. The minimum atomic E-state index is -0.233. The number of aromatic nitrogens is 2. The molecule has 0 radical (unpaired) electrons. The second-order valence-corrected chi connectivity index (χ2v) is 7.66. The smallest absolute Gasteiger partial charge is 0.190 e. The quantitative estimate of drug-likeness (QED) is 0.399. The average molecular weight is 436 g/mol. The highest BCUT2D eigenvalue weighted by Crippen LogP contribution is 2.33. The van der Waals surface area contributed by atoms with Crippen LogP contribution in [0, 0.1) is 5.82 Å². The van der Waals surface area contributed by atoms with E-state index in [1.165, 1.54) is 12.1 Å². The van der Waals surface area contributed by atoms with Gasteiger partial charge >= 0.3 is 0 Å². The molecule has 4 aromatic rings. The van der Waals surface area contributed by atoms with Crippen molar-refractivity contribution in [3.8, 4) is 22.8 Å². The zero-order valence-electron chi connectivity index (χ0n) is 17.3. The molecule has 5 nitrogen and oxygen atoms in total. The van der Waals surface area contributed by atoms with Gasteiger partial charge < -0.3 is 14.0 Å². The van der Waals surface area contributed by atoms with Crippen LogP contribution >= 0.6 is 11.3 Å². The number of pyridine rings is 1. The first kappa shape index (κ1) is 20.8. The topological polar surface area (TPSA) is 48.6 Å². The van der Waals surface area contributed by atoms with Crippen LogP contribution < -0.4 is 14.3 Å². The van der Waals surface area contributed by atoms with Gasteiger partial charge in [-0.25, -0.2) is 9.38 Å². The minimum absolute atomic E-state index is 0.233. The molecule has 2 heterocycles. The maximum Gasteiger partial charge on any atom is 0.190 e. The number of ether oxygens (including phenoxy) is 2. The van der Waals surface area contributed by atoms with Gasteiger partial charge in [0.15, 0.2) is 4.80 Å². The first-order valence-electron chi connectivity index (χ1n) is 9.78. The Morgan fingerprint density at radius 1 is 1.06 bits per heavy atom. The highest BCUT2D eigenvalue weighted by atomic mass is 32.1. The van der Waals surface area contributed by atoms with Crippen molar-refractivity contribution in [2.24, 2.45) is 4.99 Å². The van der Waals surface area contributed by atoms with Crippen LogP contribution in [0.2, 0.25) is 0 Å². The van der Waals surface area contributed by atoms with E-state index in [1.807, 2.05) is 42.5 Å². The molecular formula is C24H22FN3O2S. The molecule has 0 N–H and O–H groups in total. The summed E-state index contributed by atoms with van der Waals surface area (Å²) in [5.74, 6) is 1.22. The van der Waals surface area contributed by atoms with E-state index in [4.69, 9.17) is 14.5 Å². The third-order valence-corrected chi connectivity index (χ3v) is 5.75. The minimum Gasteiger partial charge on any atom is -0.497 e. The molecule has 0 aliphatic rings. The summed E-state index contributed by atoms with van der Waals surface area (Å²) in [7, 11) is 3.28. The van der Waals surface area contributed by atoms with Crippen molar-refractivity contribution < 1.29 is 13.9 Å². The summed E-state index contributed by atoms with van der Waals surface area (Å²) in [5, 5.41) is 2.07. The van der Waals surface area contributed by atoms with Gasteiger partial charge in [0.05, 0.1) is 31.8 Å². The van der Waals surface area contributed by atoms with Crippen molar-refractivity contribution in [3.63, 3.8) is 0 Å². The van der Waals surface area contributed by atoms with Crippen molar-refractivity contribution in [2.75, 3.05) is 14.2 Å². The number of nitrogens with zero attached hydrogens (tertiary/aromatic N) is 3. The molecule has 2 aromatic carbocycles. The third-order valence-electron chi connectivity index (χ3n) is 4.89. The highest BCUT2D eigenvalue weighted by Gasteiger charge is 2.14. The van der Waals surface area contributed by atoms with Crippen LogP contribution in [0.4, 0.5) is 10.1 Å². The molecule has 0 unspecified atom stereocenters. The Balaban J connectivity index is 1.78. The molecule has 0 aliphatic heterocycles. The molecule has 31 heavy (non-hydrogen) atoms. The maximum atomic E-state index is 13.3. The van der Waals surface area contributed by atoms with Crippen LogP contribution in [0.15, 0.2) is 77.4 Å². The summed E-state index contributed by atoms with van der Waals surface area (Å²) >= 11 is 1.55. The zero-order valence-corrected chi connectivity index (χ0v) is 18.1. The summed E-state index contributed by atoms with van der Waals surface area (Å²) in [6, 6.07) is 16.2. The van der Waals surface area contributed by atoms with Gasteiger partial charge in [-0.2, -0.15) is 0 Å². The van der Waals surface area contributed by atoms with E-state index >= 15 is 0 Å². The number of hydrogen-bond donors (Lipinski definition) is 0. The highest BCUT2D eigenvalue weighted by molar-refractivity contribution is 7.07. The fourth-order valence-electron chi connectivity index (χ4n) is 3.28. The molecule has 4 rings (SSSR count). The lowest BCUT2D eigenvalue weighted by Gasteiger charge is -2.13. The summed E-state index contributed by atoms with van der Waals surface area (Å²) < 4.78 is 26.4. The molecule has 158 valence electrons. The SMILES string of the molecule is COc1ccc(-c2csc(=Nc3cccnc3)n2CCc2ccc(F)cc2)c(OC)c1. The van der Waals surface area contributed by atoms with Crippen LogP contribution in [-0.4, -0.2) is 23.8 Å². The molecule has 0 fully saturated rings. The van der Waals surface area contributed by atoms with Crippen molar-refractivity contribution >= 4 is 17.0 Å². The molecule has 0 bridgehead atoms. The predicted molar refractivity (Wildman–Crippen MR) is 120 cm³/mol. The van der Waals surface area contributed by atoms with Crippen molar-refractivity contribution in [3.05, 3.63) is 88.6 Å². The molecule has 0 aliphatic carbocycles. The fraction of sp³-hybridized carbons (Fsp3) is 0.167. The van der Waals surface area contributed by atoms with Gasteiger partial charge in [-0.3, -0.25) is 4.98 Å². The van der Waals surface area contributed by atoms with Gasteiger partial charge in [0.2, 0.25) is 0 Å². The molecular weight excluding hydrogens is 413 g/mol. The number of aryl methyl sites for hydroxylation is 1. The lowest BCUT2D eigenvalue weighted by molar-refractivity contribution is 0.395. The van der Waals surface area contributed by atoms with Crippen LogP contribution in [0.3, 0.4) is 0 Å². The number of methoxy groups -OCH3 is 2. The molecule has 2 aromatic heterocycles. The Morgan fingerprint density at radius 2 is 1.90 bits per heavy atom. The van der Waals surface area contributed by atoms with Gasteiger partial charge in [0.1, 0.15) is 17.3 Å². The predicted octanol–water partition coefficient (Wildman–Crippen LogP) is 5.24. The van der Waals surface area contributed by atoms with E-state index in [9.17, 15) is 4.39 Å². The standard InChI is InChI=1S/C24H22FN3O2S/c1-29-20-9-10-21(23(14-20)30-2)22-16-31-24(27-19-4-3-12-26-15-19)28(22)13-11-17-5-7-18(25)8-6-17/h3-10,12,14-16H,11,13H2,1-2H3. The Hall–Kier alpha value is -3.45. The van der Waals surface area contributed by atoms with E-state index in [1.54, 1.807) is 38.0 Å².